The van der Waals surface area contributed by atoms with Crippen molar-refractivity contribution in [2.24, 2.45) is 11.1 Å². The molecule has 1 heterocycles. The zero-order chi connectivity index (χ0) is 23.1. The summed E-state index contributed by atoms with van der Waals surface area (Å²) in [4.78, 5) is 31.4. The van der Waals surface area contributed by atoms with Gasteiger partial charge >= 0.3 is 0 Å². The van der Waals surface area contributed by atoms with Crippen molar-refractivity contribution in [3.63, 3.8) is 0 Å². The van der Waals surface area contributed by atoms with Gasteiger partial charge in [-0.15, -0.1) is 0 Å². The predicted octanol–water partition coefficient (Wildman–Crippen LogP) is 4.61. The summed E-state index contributed by atoms with van der Waals surface area (Å²) in [6.07, 6.45) is 3.13. The first-order valence-electron chi connectivity index (χ1n) is 10.3. The van der Waals surface area contributed by atoms with Crippen molar-refractivity contribution >= 4 is 29.1 Å². The standard InChI is InChI=1S/C25H27ClN4O2/c1-25(2,16-27)17-30(24(32)19-6-4-3-5-7-19)15-20-14-21(8-9-22(20)26)29-23(31)18-10-12-28-13-11-18/h3-14H,15-17,27H2,1-2H3,(H,29,31). The monoisotopic (exact) mass is 450 g/mol. The van der Waals surface area contributed by atoms with E-state index in [0.29, 0.717) is 34.9 Å². The molecule has 3 rings (SSSR count). The van der Waals surface area contributed by atoms with E-state index in [9.17, 15) is 9.59 Å². The van der Waals surface area contributed by atoms with E-state index in [2.05, 4.69) is 10.3 Å². The average molecular weight is 451 g/mol. The maximum absolute atomic E-state index is 13.3. The lowest BCUT2D eigenvalue weighted by atomic mass is 9.92. The molecule has 1 aromatic heterocycles. The molecule has 32 heavy (non-hydrogen) atoms. The third kappa shape index (κ3) is 6.15. The van der Waals surface area contributed by atoms with E-state index in [1.165, 1.54) is 0 Å². The van der Waals surface area contributed by atoms with Crippen LogP contribution in [0.1, 0.15) is 40.1 Å². The molecule has 7 heteroatoms. The molecule has 0 unspecified atom stereocenters. The third-order valence-corrected chi connectivity index (χ3v) is 5.46. The van der Waals surface area contributed by atoms with E-state index >= 15 is 0 Å². The number of nitrogens with one attached hydrogen (secondary N) is 1. The average Bonchev–Trinajstić information content (AvgIpc) is 2.81. The van der Waals surface area contributed by atoms with E-state index in [1.54, 1.807) is 59.8 Å². The van der Waals surface area contributed by atoms with Crippen LogP contribution in [-0.2, 0) is 6.54 Å². The molecular formula is C25H27ClN4O2. The van der Waals surface area contributed by atoms with E-state index in [-0.39, 0.29) is 23.8 Å². The van der Waals surface area contributed by atoms with Crippen molar-refractivity contribution in [1.82, 2.24) is 9.88 Å². The molecule has 0 fully saturated rings. The maximum atomic E-state index is 13.3. The maximum Gasteiger partial charge on any atom is 0.255 e. The second kappa shape index (κ2) is 10.4. The summed E-state index contributed by atoms with van der Waals surface area (Å²) in [5.41, 5.74) is 8.09. The Morgan fingerprint density at radius 3 is 2.38 bits per heavy atom. The summed E-state index contributed by atoms with van der Waals surface area (Å²) in [6.45, 7) is 5.22. The highest BCUT2D eigenvalue weighted by molar-refractivity contribution is 6.31. The zero-order valence-electron chi connectivity index (χ0n) is 18.2. The number of nitrogens with zero attached hydrogens (tertiary/aromatic N) is 2. The van der Waals surface area contributed by atoms with Crippen molar-refractivity contribution in [1.29, 1.82) is 0 Å². The van der Waals surface area contributed by atoms with Gasteiger partial charge in [0.05, 0.1) is 0 Å². The summed E-state index contributed by atoms with van der Waals surface area (Å²) < 4.78 is 0. The number of anilines is 1. The lowest BCUT2D eigenvalue weighted by molar-refractivity contribution is 0.0673. The molecule has 2 aromatic carbocycles. The normalized spacial score (nSPS) is 11.1. The number of halogens is 1. The minimum atomic E-state index is -0.274. The number of pyridine rings is 1. The molecule has 0 aliphatic rings. The largest absolute Gasteiger partial charge is 0.334 e. The number of benzene rings is 2. The second-order valence-electron chi connectivity index (χ2n) is 8.39. The topological polar surface area (TPSA) is 88.3 Å². The van der Waals surface area contributed by atoms with Crippen LogP contribution in [0.15, 0.2) is 73.1 Å². The lowest BCUT2D eigenvalue weighted by Gasteiger charge is -2.32. The van der Waals surface area contributed by atoms with Gasteiger partial charge in [0, 0.05) is 47.3 Å². The molecule has 3 aromatic rings. The van der Waals surface area contributed by atoms with Crippen molar-refractivity contribution in [3.05, 3.63) is 94.8 Å². The van der Waals surface area contributed by atoms with E-state index in [1.807, 2.05) is 32.0 Å². The molecule has 0 aliphatic heterocycles. The molecule has 0 atom stereocenters. The number of rotatable bonds is 8. The SMILES string of the molecule is CC(C)(CN)CN(Cc1cc(NC(=O)c2ccncc2)ccc1Cl)C(=O)c1ccccc1. The van der Waals surface area contributed by atoms with Gasteiger partial charge in [0.2, 0.25) is 0 Å². The fourth-order valence-electron chi connectivity index (χ4n) is 3.23. The number of nitrogens with two attached hydrogens (primary N) is 1. The highest BCUT2D eigenvalue weighted by Gasteiger charge is 2.25. The van der Waals surface area contributed by atoms with Gasteiger partial charge in [0.25, 0.3) is 11.8 Å². The quantitative estimate of drug-likeness (QED) is 0.524. The highest BCUT2D eigenvalue weighted by atomic mass is 35.5. The van der Waals surface area contributed by atoms with Gasteiger partial charge in [-0.2, -0.15) is 0 Å². The van der Waals surface area contributed by atoms with Crippen molar-refractivity contribution in [3.8, 4) is 0 Å². The molecule has 0 bridgehead atoms. The Labute approximate surface area is 193 Å². The van der Waals surface area contributed by atoms with Gasteiger partial charge in [0.15, 0.2) is 0 Å². The van der Waals surface area contributed by atoms with E-state index in [0.717, 1.165) is 5.56 Å². The van der Waals surface area contributed by atoms with Crippen LogP contribution in [0.5, 0.6) is 0 Å². The molecule has 6 nitrogen and oxygen atoms in total. The molecule has 0 saturated heterocycles. The molecule has 2 amide bonds. The summed E-state index contributed by atoms with van der Waals surface area (Å²) in [6, 6.07) is 17.6. The van der Waals surface area contributed by atoms with Gasteiger partial charge in [-0.1, -0.05) is 43.6 Å². The third-order valence-electron chi connectivity index (χ3n) is 5.09. The Kier molecular flexibility index (Phi) is 7.62. The lowest BCUT2D eigenvalue weighted by Crippen LogP contribution is -2.41. The Morgan fingerprint density at radius 1 is 1.03 bits per heavy atom. The molecule has 0 spiro atoms. The minimum Gasteiger partial charge on any atom is -0.334 e. The van der Waals surface area contributed by atoms with Crippen LogP contribution >= 0.6 is 11.6 Å². The molecule has 3 N–H and O–H groups in total. The van der Waals surface area contributed by atoms with Crippen molar-refractivity contribution in [2.45, 2.75) is 20.4 Å². The fourth-order valence-corrected chi connectivity index (χ4v) is 3.41. The Balaban J connectivity index is 1.85. The Morgan fingerprint density at radius 2 is 1.72 bits per heavy atom. The molecule has 0 aliphatic carbocycles. The first kappa shape index (κ1) is 23.4. The zero-order valence-corrected chi connectivity index (χ0v) is 19.0. The number of carbonyl (C=O) groups excluding carboxylic acids is 2. The Bertz CT molecular complexity index is 1070. The van der Waals surface area contributed by atoms with Gasteiger partial charge < -0.3 is 16.0 Å². The second-order valence-corrected chi connectivity index (χ2v) is 8.80. The summed E-state index contributed by atoms with van der Waals surface area (Å²) >= 11 is 6.47. The number of hydrogen-bond donors (Lipinski definition) is 2. The van der Waals surface area contributed by atoms with Crippen LogP contribution < -0.4 is 11.1 Å². The minimum absolute atomic E-state index is 0.102. The van der Waals surface area contributed by atoms with Crippen LogP contribution in [0.25, 0.3) is 0 Å². The first-order valence-corrected chi connectivity index (χ1v) is 10.7. The van der Waals surface area contributed by atoms with Crippen molar-refractivity contribution in [2.75, 3.05) is 18.4 Å². The Hall–Kier alpha value is -3.22. The van der Waals surface area contributed by atoms with Crippen LogP contribution in [0.4, 0.5) is 5.69 Å². The number of hydrogen-bond acceptors (Lipinski definition) is 4. The van der Waals surface area contributed by atoms with Crippen LogP contribution in [0.2, 0.25) is 5.02 Å². The summed E-state index contributed by atoms with van der Waals surface area (Å²) in [5.74, 6) is -0.350. The summed E-state index contributed by atoms with van der Waals surface area (Å²) in [5, 5.41) is 3.39. The number of aromatic nitrogens is 1. The van der Waals surface area contributed by atoms with E-state index < -0.39 is 0 Å². The predicted molar refractivity (Wildman–Crippen MR) is 128 cm³/mol. The van der Waals surface area contributed by atoms with E-state index in [4.69, 9.17) is 17.3 Å². The molecular weight excluding hydrogens is 424 g/mol. The number of carbonyl (C=O) groups is 2. The first-order chi connectivity index (χ1) is 15.3. The van der Waals surface area contributed by atoms with Gasteiger partial charge in [-0.25, -0.2) is 0 Å². The van der Waals surface area contributed by atoms with Crippen LogP contribution in [0, 0.1) is 5.41 Å². The van der Waals surface area contributed by atoms with Crippen LogP contribution in [0.3, 0.4) is 0 Å². The van der Waals surface area contributed by atoms with Gasteiger partial charge in [-0.05, 0) is 60.0 Å². The molecule has 0 radical (unpaired) electrons. The van der Waals surface area contributed by atoms with Gasteiger partial charge in [-0.3, -0.25) is 14.6 Å². The highest BCUT2D eigenvalue weighted by Crippen LogP contribution is 2.25. The smallest absolute Gasteiger partial charge is 0.255 e. The fraction of sp³-hybridized carbons (Fsp3) is 0.240. The van der Waals surface area contributed by atoms with Crippen molar-refractivity contribution < 1.29 is 9.59 Å². The summed E-state index contributed by atoms with van der Waals surface area (Å²) in [7, 11) is 0. The molecule has 0 saturated carbocycles. The van der Waals surface area contributed by atoms with Gasteiger partial charge in [0.1, 0.15) is 0 Å². The molecule has 166 valence electrons. The number of amides is 2. The van der Waals surface area contributed by atoms with Crippen LogP contribution in [-0.4, -0.2) is 34.8 Å².